The molecule has 1 aliphatic rings. The van der Waals surface area contributed by atoms with Gasteiger partial charge in [0.05, 0.1) is 13.2 Å². The molecule has 36 heavy (non-hydrogen) atoms. The molecule has 0 radical (unpaired) electrons. The minimum atomic E-state index is -4.05. The smallest absolute Gasteiger partial charge is 0.459 e. The highest BCUT2D eigenvalue weighted by Gasteiger charge is 2.34. The van der Waals surface area contributed by atoms with Gasteiger partial charge >= 0.3 is 19.4 Å². The molecule has 1 aliphatic heterocycles. The van der Waals surface area contributed by atoms with Crippen molar-refractivity contribution in [3.05, 3.63) is 75.6 Å². The molecule has 0 bridgehead atoms. The summed E-state index contributed by atoms with van der Waals surface area (Å²) in [6.07, 6.45) is 4.89. The number of aromatic amines is 1. The van der Waals surface area contributed by atoms with Gasteiger partial charge in [0.15, 0.2) is 6.23 Å². The predicted octanol–water partition coefficient (Wildman–Crippen LogP) is 3.15. The number of ether oxygens (including phenoxy) is 2. The lowest BCUT2D eigenvalue weighted by atomic mass is 10.1. The molecular weight excluding hydrogens is 489 g/mol. The van der Waals surface area contributed by atoms with Crippen molar-refractivity contribution < 1.29 is 27.9 Å². The molecule has 0 spiro atoms. The Labute approximate surface area is 209 Å². The van der Waals surface area contributed by atoms with Crippen molar-refractivity contribution in [2.45, 2.75) is 52.0 Å². The van der Waals surface area contributed by atoms with E-state index in [4.69, 9.17) is 18.5 Å². The minimum Gasteiger partial charge on any atom is -0.464 e. The minimum absolute atomic E-state index is 0.197. The first-order chi connectivity index (χ1) is 17.2. The molecule has 0 saturated heterocycles. The Morgan fingerprint density at radius 2 is 1.89 bits per heavy atom. The maximum absolute atomic E-state index is 13.6. The highest BCUT2D eigenvalue weighted by atomic mass is 31.2. The second kappa shape index (κ2) is 12.8. The Balaban J connectivity index is 1.65. The molecule has 2 unspecified atom stereocenters. The summed E-state index contributed by atoms with van der Waals surface area (Å²) in [5.41, 5.74) is -1.14. The number of nitrogens with one attached hydrogen (secondary N) is 2. The molecule has 196 valence electrons. The third-order valence-electron chi connectivity index (χ3n) is 5.63. The lowest BCUT2D eigenvalue weighted by Crippen LogP contribution is -2.36. The van der Waals surface area contributed by atoms with Gasteiger partial charge in [-0.25, -0.2) is 9.36 Å². The van der Waals surface area contributed by atoms with E-state index in [2.05, 4.69) is 10.1 Å². The van der Waals surface area contributed by atoms with E-state index in [1.807, 2.05) is 13.8 Å². The van der Waals surface area contributed by atoms with Crippen LogP contribution in [0.5, 0.6) is 5.75 Å². The van der Waals surface area contributed by atoms with E-state index in [1.165, 1.54) is 23.8 Å². The Morgan fingerprint density at radius 1 is 1.17 bits per heavy atom. The van der Waals surface area contributed by atoms with E-state index in [9.17, 15) is 18.9 Å². The van der Waals surface area contributed by atoms with Gasteiger partial charge in [-0.3, -0.25) is 23.7 Å². The second-order valence-corrected chi connectivity index (χ2v) is 10.0. The van der Waals surface area contributed by atoms with E-state index in [0.29, 0.717) is 0 Å². The number of H-pyrrole nitrogens is 1. The van der Waals surface area contributed by atoms with Crippen molar-refractivity contribution >= 4 is 13.7 Å². The number of esters is 1. The molecule has 4 atom stereocenters. The van der Waals surface area contributed by atoms with Crippen LogP contribution in [0.3, 0.4) is 0 Å². The van der Waals surface area contributed by atoms with Crippen molar-refractivity contribution in [2.24, 2.45) is 5.92 Å². The maximum atomic E-state index is 13.6. The largest absolute Gasteiger partial charge is 0.464 e. The topological polar surface area (TPSA) is 138 Å². The van der Waals surface area contributed by atoms with Gasteiger partial charge in [-0.15, -0.1) is 0 Å². The average Bonchev–Trinajstić information content (AvgIpc) is 3.32. The molecule has 2 aromatic rings. The fraction of sp³-hybridized carbons (Fsp3) is 0.458. The predicted molar refractivity (Wildman–Crippen MR) is 133 cm³/mol. The summed E-state index contributed by atoms with van der Waals surface area (Å²) in [5, 5.41) is 2.65. The number of hydrogen-bond acceptors (Lipinski definition) is 8. The highest BCUT2D eigenvalue weighted by Crippen LogP contribution is 2.45. The number of para-hydroxylation sites is 1. The first-order valence-electron chi connectivity index (χ1n) is 11.8. The van der Waals surface area contributed by atoms with Crippen LogP contribution in [0, 0.1) is 5.92 Å². The number of hydrogen-bond donors (Lipinski definition) is 2. The van der Waals surface area contributed by atoms with Gasteiger partial charge in [-0.05, 0) is 31.1 Å². The summed E-state index contributed by atoms with van der Waals surface area (Å²) < 4.78 is 37.2. The van der Waals surface area contributed by atoms with Crippen LogP contribution in [-0.2, 0) is 23.4 Å². The molecule has 1 aromatic carbocycles. The number of rotatable bonds is 13. The van der Waals surface area contributed by atoms with Crippen LogP contribution in [0.25, 0.3) is 0 Å². The Hall–Kier alpha value is -2.98. The summed E-state index contributed by atoms with van der Waals surface area (Å²) >= 11 is 0. The van der Waals surface area contributed by atoms with Gasteiger partial charge in [-0.1, -0.05) is 51.0 Å². The van der Waals surface area contributed by atoms with E-state index >= 15 is 0 Å². The first-order valence-corrected chi connectivity index (χ1v) is 13.4. The van der Waals surface area contributed by atoms with Gasteiger partial charge < -0.3 is 14.0 Å². The number of benzene rings is 1. The highest BCUT2D eigenvalue weighted by molar-refractivity contribution is 7.52. The lowest BCUT2D eigenvalue weighted by Gasteiger charge is -2.24. The van der Waals surface area contributed by atoms with Gasteiger partial charge in [0, 0.05) is 12.3 Å². The van der Waals surface area contributed by atoms with E-state index in [0.717, 1.165) is 12.8 Å². The van der Waals surface area contributed by atoms with Crippen molar-refractivity contribution in [3.8, 4) is 5.75 Å². The Morgan fingerprint density at radius 3 is 2.56 bits per heavy atom. The van der Waals surface area contributed by atoms with Crippen molar-refractivity contribution in [3.63, 3.8) is 0 Å². The third-order valence-corrected chi connectivity index (χ3v) is 7.27. The van der Waals surface area contributed by atoms with Crippen molar-refractivity contribution in [1.82, 2.24) is 14.6 Å². The molecule has 11 nitrogen and oxygen atoms in total. The number of aromatic nitrogens is 2. The van der Waals surface area contributed by atoms with Gasteiger partial charge in [-0.2, -0.15) is 5.09 Å². The number of carbonyl (C=O) groups excluding carboxylic acids is 1. The molecule has 12 heteroatoms. The Bertz CT molecular complexity index is 1190. The average molecular weight is 522 g/mol. The zero-order chi connectivity index (χ0) is 26.1. The molecule has 0 amide bonds. The molecular formula is C24H32N3O8P. The zero-order valence-electron chi connectivity index (χ0n) is 20.5. The van der Waals surface area contributed by atoms with Crippen LogP contribution < -0.4 is 20.9 Å². The number of nitrogens with zero attached hydrogens (tertiary/aromatic N) is 1. The zero-order valence-corrected chi connectivity index (χ0v) is 21.4. The summed E-state index contributed by atoms with van der Waals surface area (Å²) in [7, 11) is -4.05. The van der Waals surface area contributed by atoms with Crippen LogP contribution in [0.1, 0.15) is 39.8 Å². The van der Waals surface area contributed by atoms with E-state index in [-0.39, 0.29) is 24.9 Å². The standard InChI is InChI=1S/C24H32N3O8P/c1-4-18(5-2)15-32-23(29)17(3)26-36(31,35-19-9-7-6-8-10-19)33-16-20-11-12-22(34-20)27-14-13-21(28)25-24(27)30/h6-14,17-18,20,22H,4-5,15-16H2,1-3H3,(H,26,31)(H,25,28,30)/t17-,20?,22?,36-/m0/s1. The van der Waals surface area contributed by atoms with Crippen LogP contribution in [0.15, 0.2) is 64.3 Å². The summed E-state index contributed by atoms with van der Waals surface area (Å²) in [4.78, 5) is 38.0. The molecule has 3 rings (SSSR count). The van der Waals surface area contributed by atoms with Crippen LogP contribution in [0.4, 0.5) is 0 Å². The SMILES string of the molecule is CCC(CC)COC(=O)[C@H](C)N[P@](=O)(OCC1C=CC(n2ccc(=O)[nH]c2=O)O1)Oc1ccccc1. The maximum Gasteiger partial charge on any atom is 0.459 e. The molecule has 2 N–H and O–H groups in total. The number of carbonyl (C=O) groups is 1. The van der Waals surface area contributed by atoms with Crippen LogP contribution >= 0.6 is 7.75 Å². The van der Waals surface area contributed by atoms with Crippen LogP contribution in [0.2, 0.25) is 0 Å². The molecule has 1 aromatic heterocycles. The Kier molecular flexibility index (Phi) is 9.83. The summed E-state index contributed by atoms with van der Waals surface area (Å²) in [5.74, 6) is -0.0395. The van der Waals surface area contributed by atoms with E-state index < -0.39 is 43.3 Å². The summed E-state index contributed by atoms with van der Waals surface area (Å²) in [6, 6.07) is 8.65. The molecule has 0 fully saturated rings. The van der Waals surface area contributed by atoms with Crippen molar-refractivity contribution in [1.29, 1.82) is 0 Å². The third kappa shape index (κ3) is 7.76. The van der Waals surface area contributed by atoms with E-state index in [1.54, 1.807) is 42.5 Å². The summed E-state index contributed by atoms with van der Waals surface area (Å²) in [6.45, 7) is 5.64. The molecule has 0 saturated carbocycles. The fourth-order valence-corrected chi connectivity index (χ4v) is 4.89. The molecule has 2 heterocycles. The van der Waals surface area contributed by atoms with Gasteiger partial charge in [0.1, 0.15) is 17.9 Å². The normalized spacial score (nSPS) is 19.7. The monoisotopic (exact) mass is 521 g/mol. The quantitative estimate of drug-likeness (QED) is 0.231. The van der Waals surface area contributed by atoms with Gasteiger partial charge in [0.2, 0.25) is 0 Å². The van der Waals surface area contributed by atoms with Gasteiger partial charge in [0.25, 0.3) is 5.56 Å². The van der Waals surface area contributed by atoms with Crippen LogP contribution in [-0.4, -0.2) is 40.9 Å². The van der Waals surface area contributed by atoms with Crippen molar-refractivity contribution in [2.75, 3.05) is 13.2 Å². The second-order valence-electron chi connectivity index (χ2n) is 8.33. The first kappa shape index (κ1) is 27.6. The lowest BCUT2D eigenvalue weighted by molar-refractivity contribution is -0.146. The fourth-order valence-electron chi connectivity index (χ4n) is 3.39. The molecule has 0 aliphatic carbocycles.